The number of aliphatic hydroxyl groups is 4. The van der Waals surface area contributed by atoms with E-state index in [1.54, 1.807) is 0 Å². The zero-order valence-electron chi connectivity index (χ0n) is 20.8. The minimum atomic E-state index is -0.128. The minimum absolute atomic E-state index is 0.0904. The lowest BCUT2D eigenvalue weighted by Gasteiger charge is -2.22. The van der Waals surface area contributed by atoms with Gasteiger partial charge >= 0.3 is 0 Å². The Hall–Kier alpha value is -2.76. The molecule has 1 aromatic carbocycles. The van der Waals surface area contributed by atoms with Crippen molar-refractivity contribution < 1.29 is 30.0 Å². The summed E-state index contributed by atoms with van der Waals surface area (Å²) in [5.41, 5.74) is 3.11. The minimum Gasteiger partial charge on any atom is -0.395 e. The number of nitrogens with one attached hydrogen (secondary N) is 2. The van der Waals surface area contributed by atoms with Gasteiger partial charge in [0.05, 0.1) is 26.4 Å². The van der Waals surface area contributed by atoms with E-state index in [9.17, 15) is 9.59 Å². The molecule has 1 aliphatic carbocycles. The number of allylic oxidation sites excluding steroid dienone is 2. The Kier molecular flexibility index (Phi) is 13.8. The molecule has 0 bridgehead atoms. The maximum Gasteiger partial charge on any atom is 0.224 e. The highest BCUT2D eigenvalue weighted by Crippen LogP contribution is 2.23. The monoisotopic (exact) mass is 504 g/mol. The van der Waals surface area contributed by atoms with Crippen LogP contribution in [0.2, 0.25) is 0 Å². The maximum absolute atomic E-state index is 12.2. The van der Waals surface area contributed by atoms with Gasteiger partial charge in [-0.2, -0.15) is 0 Å². The zero-order valence-corrected chi connectivity index (χ0v) is 20.8. The molecule has 2 amide bonds. The standard InChI is InChI=1S/C26H40N4O6/c31-17-13-29(14-18-32)25(35)9-11-27-23-5-1-21(2-6-23)22-3-7-24(8-4-22)28-12-10-26(36)30(15-19-33)16-20-34/h1-7,24,27-28,31-34H,8-20H2. The van der Waals surface area contributed by atoms with Crippen molar-refractivity contribution in [3.05, 3.63) is 48.1 Å². The van der Waals surface area contributed by atoms with Gasteiger partial charge in [-0.25, -0.2) is 0 Å². The van der Waals surface area contributed by atoms with Gasteiger partial charge in [0.15, 0.2) is 0 Å². The van der Waals surface area contributed by atoms with E-state index in [4.69, 9.17) is 20.4 Å². The first-order valence-electron chi connectivity index (χ1n) is 12.5. The molecule has 6 N–H and O–H groups in total. The van der Waals surface area contributed by atoms with E-state index in [2.05, 4.69) is 28.9 Å². The highest BCUT2D eigenvalue weighted by Gasteiger charge is 2.15. The van der Waals surface area contributed by atoms with Gasteiger partial charge in [0.2, 0.25) is 11.8 Å². The normalized spacial score (nSPS) is 14.9. The molecule has 0 heterocycles. The van der Waals surface area contributed by atoms with Crippen LogP contribution >= 0.6 is 0 Å². The molecule has 0 spiro atoms. The molecule has 0 fully saturated rings. The number of hydrogen-bond acceptors (Lipinski definition) is 8. The Balaban J connectivity index is 1.74. The molecule has 1 atom stereocenters. The first-order valence-corrected chi connectivity index (χ1v) is 12.5. The summed E-state index contributed by atoms with van der Waals surface area (Å²) in [5.74, 6) is -0.202. The number of anilines is 1. The van der Waals surface area contributed by atoms with Gasteiger partial charge in [0, 0.05) is 63.8 Å². The molecule has 36 heavy (non-hydrogen) atoms. The number of hydrogen-bond donors (Lipinski definition) is 6. The van der Waals surface area contributed by atoms with Crippen molar-refractivity contribution in [2.75, 3.05) is 71.0 Å². The number of rotatable bonds is 17. The molecule has 0 saturated carbocycles. The zero-order chi connectivity index (χ0) is 26.2. The van der Waals surface area contributed by atoms with Crippen molar-refractivity contribution >= 4 is 23.1 Å². The molecule has 0 aromatic heterocycles. The Morgan fingerprint density at radius 2 is 1.33 bits per heavy atom. The van der Waals surface area contributed by atoms with Crippen LogP contribution in [0.5, 0.6) is 0 Å². The highest BCUT2D eigenvalue weighted by atomic mass is 16.3. The lowest BCUT2D eigenvalue weighted by Crippen LogP contribution is -2.38. The van der Waals surface area contributed by atoms with E-state index >= 15 is 0 Å². The topological polar surface area (TPSA) is 146 Å². The average Bonchev–Trinajstić information content (AvgIpc) is 2.89. The Morgan fingerprint density at radius 3 is 1.81 bits per heavy atom. The van der Waals surface area contributed by atoms with Crippen LogP contribution in [0, 0.1) is 0 Å². The second-order valence-corrected chi connectivity index (χ2v) is 8.48. The fraction of sp³-hybridized carbons (Fsp3) is 0.538. The molecule has 0 aliphatic heterocycles. The van der Waals surface area contributed by atoms with Crippen molar-refractivity contribution in [3.8, 4) is 0 Å². The Morgan fingerprint density at radius 1 is 0.806 bits per heavy atom. The number of nitrogens with zero attached hydrogens (tertiary/aromatic N) is 2. The maximum atomic E-state index is 12.2. The first kappa shape index (κ1) is 29.5. The first-order chi connectivity index (χ1) is 17.5. The van der Waals surface area contributed by atoms with Gasteiger partial charge in [-0.15, -0.1) is 0 Å². The van der Waals surface area contributed by atoms with Crippen LogP contribution in [0.25, 0.3) is 5.57 Å². The third-order valence-electron chi connectivity index (χ3n) is 5.92. The number of aliphatic hydroxyl groups excluding tert-OH is 4. The van der Waals surface area contributed by atoms with Crippen LogP contribution in [-0.4, -0.2) is 114 Å². The third kappa shape index (κ3) is 10.1. The summed E-state index contributed by atoms with van der Waals surface area (Å²) < 4.78 is 0. The number of carbonyl (C=O) groups is 2. The van der Waals surface area contributed by atoms with Gasteiger partial charge < -0.3 is 40.9 Å². The number of amides is 2. The number of benzene rings is 1. The van der Waals surface area contributed by atoms with E-state index < -0.39 is 0 Å². The van der Waals surface area contributed by atoms with Gasteiger partial charge in [0.25, 0.3) is 0 Å². The van der Waals surface area contributed by atoms with Crippen molar-refractivity contribution in [1.82, 2.24) is 15.1 Å². The molecule has 0 saturated heterocycles. The number of carbonyl (C=O) groups excluding carboxylic acids is 2. The van der Waals surface area contributed by atoms with Crippen molar-refractivity contribution in [2.24, 2.45) is 0 Å². The van der Waals surface area contributed by atoms with Crippen LogP contribution < -0.4 is 10.6 Å². The predicted molar refractivity (Wildman–Crippen MR) is 139 cm³/mol. The molecule has 0 radical (unpaired) electrons. The summed E-state index contributed by atoms with van der Waals surface area (Å²) >= 11 is 0. The summed E-state index contributed by atoms with van der Waals surface area (Å²) in [6.07, 6.45) is 7.68. The Bertz CT molecular complexity index is 846. The largest absolute Gasteiger partial charge is 0.395 e. The van der Waals surface area contributed by atoms with Gasteiger partial charge in [-0.3, -0.25) is 9.59 Å². The summed E-state index contributed by atoms with van der Waals surface area (Å²) in [6.45, 7) is 1.39. The summed E-state index contributed by atoms with van der Waals surface area (Å²) in [4.78, 5) is 27.3. The molecule has 10 heteroatoms. The van der Waals surface area contributed by atoms with Gasteiger partial charge in [-0.05, 0) is 29.7 Å². The lowest BCUT2D eigenvalue weighted by atomic mass is 9.97. The molecule has 10 nitrogen and oxygen atoms in total. The average molecular weight is 505 g/mol. The SMILES string of the molecule is O=C(CCNc1ccc(C2=CCC(NCCC(=O)N(CCO)CCO)C=C2)cc1)N(CCO)CCO. The fourth-order valence-corrected chi connectivity index (χ4v) is 3.97. The molecule has 2 rings (SSSR count). The Labute approximate surface area is 212 Å². The smallest absolute Gasteiger partial charge is 0.224 e. The predicted octanol–water partition coefficient (Wildman–Crippen LogP) is -0.193. The van der Waals surface area contributed by atoms with E-state index in [0.29, 0.717) is 19.5 Å². The van der Waals surface area contributed by atoms with E-state index in [0.717, 1.165) is 23.2 Å². The van der Waals surface area contributed by atoms with E-state index in [1.807, 2.05) is 24.3 Å². The molecule has 200 valence electrons. The highest BCUT2D eigenvalue weighted by molar-refractivity contribution is 5.78. The van der Waals surface area contributed by atoms with E-state index in [1.165, 1.54) is 9.80 Å². The van der Waals surface area contributed by atoms with Crippen molar-refractivity contribution in [2.45, 2.75) is 25.3 Å². The van der Waals surface area contributed by atoms with Crippen LogP contribution in [0.3, 0.4) is 0 Å². The quantitative estimate of drug-likeness (QED) is 0.171. The van der Waals surface area contributed by atoms with Crippen molar-refractivity contribution in [1.29, 1.82) is 0 Å². The fourth-order valence-electron chi connectivity index (χ4n) is 3.97. The molecular weight excluding hydrogens is 464 g/mol. The van der Waals surface area contributed by atoms with Crippen LogP contribution in [0.1, 0.15) is 24.8 Å². The van der Waals surface area contributed by atoms with Crippen molar-refractivity contribution in [3.63, 3.8) is 0 Å². The molecule has 1 aliphatic rings. The second kappa shape index (κ2) is 16.8. The molecular formula is C26H40N4O6. The lowest BCUT2D eigenvalue weighted by molar-refractivity contribution is -0.132. The van der Waals surface area contributed by atoms with Gasteiger partial charge in [-0.1, -0.05) is 30.4 Å². The van der Waals surface area contributed by atoms with Crippen LogP contribution in [-0.2, 0) is 9.59 Å². The van der Waals surface area contributed by atoms with Crippen LogP contribution in [0.4, 0.5) is 5.69 Å². The summed E-state index contributed by atoms with van der Waals surface area (Å²) in [5, 5.41) is 42.8. The molecule has 1 unspecified atom stereocenters. The van der Waals surface area contributed by atoms with E-state index in [-0.39, 0.29) is 76.9 Å². The van der Waals surface area contributed by atoms with Gasteiger partial charge in [0.1, 0.15) is 0 Å². The third-order valence-corrected chi connectivity index (χ3v) is 5.92. The summed E-state index contributed by atoms with van der Waals surface area (Å²) in [7, 11) is 0. The van der Waals surface area contributed by atoms with Crippen LogP contribution in [0.15, 0.2) is 42.5 Å². The second-order valence-electron chi connectivity index (χ2n) is 8.48. The summed E-state index contributed by atoms with van der Waals surface area (Å²) in [6, 6.07) is 8.11. The molecule has 1 aromatic rings.